The van der Waals surface area contributed by atoms with Crippen molar-refractivity contribution in [2.45, 2.75) is 32.4 Å². The number of nitrogens with one attached hydrogen (secondary N) is 1. The number of hydrogen-bond acceptors (Lipinski definition) is 3. The van der Waals surface area contributed by atoms with Gasteiger partial charge in [0, 0.05) is 6.07 Å². The number of rotatable bonds is 4. The van der Waals surface area contributed by atoms with Crippen LogP contribution < -0.4 is 10.1 Å². The van der Waals surface area contributed by atoms with Crippen LogP contribution in [0, 0.1) is 5.82 Å². The predicted octanol–water partition coefficient (Wildman–Crippen LogP) is 2.41. The van der Waals surface area contributed by atoms with E-state index >= 15 is 0 Å². The number of halogens is 1. The van der Waals surface area contributed by atoms with Gasteiger partial charge in [-0.3, -0.25) is 0 Å². The summed E-state index contributed by atoms with van der Waals surface area (Å²) in [4.78, 5) is 0. The number of methoxy groups -OCH3 is 1. The van der Waals surface area contributed by atoms with Crippen LogP contribution in [0.2, 0.25) is 0 Å². The summed E-state index contributed by atoms with van der Waals surface area (Å²) in [6.07, 6.45) is 0. The topological polar surface area (TPSA) is 41.5 Å². The Bertz CT molecular complexity index is 361. The van der Waals surface area contributed by atoms with Crippen molar-refractivity contribution in [2.75, 3.05) is 12.4 Å². The molecular weight excluding hydrogens is 209 g/mol. The third-order valence-electron chi connectivity index (χ3n) is 2.61. The third kappa shape index (κ3) is 3.10. The molecule has 4 heteroatoms. The average molecular weight is 227 g/mol. The van der Waals surface area contributed by atoms with Gasteiger partial charge in [-0.15, -0.1) is 0 Å². The van der Waals surface area contributed by atoms with Crippen molar-refractivity contribution < 1.29 is 14.2 Å². The molecule has 3 nitrogen and oxygen atoms in total. The first-order valence-electron chi connectivity index (χ1n) is 5.17. The van der Waals surface area contributed by atoms with Crippen LogP contribution in [0.5, 0.6) is 5.75 Å². The van der Waals surface area contributed by atoms with E-state index in [1.165, 1.54) is 13.2 Å². The minimum Gasteiger partial charge on any atom is -0.497 e. The predicted molar refractivity (Wildman–Crippen MR) is 62.3 cm³/mol. The van der Waals surface area contributed by atoms with Gasteiger partial charge in [-0.1, -0.05) is 0 Å². The number of ether oxygens (including phenoxy) is 1. The van der Waals surface area contributed by atoms with E-state index in [1.54, 1.807) is 32.9 Å². The molecule has 0 heterocycles. The largest absolute Gasteiger partial charge is 0.497 e. The Morgan fingerprint density at radius 2 is 2.06 bits per heavy atom. The van der Waals surface area contributed by atoms with Gasteiger partial charge >= 0.3 is 0 Å². The highest BCUT2D eigenvalue weighted by Crippen LogP contribution is 2.23. The molecule has 0 fully saturated rings. The Kier molecular flexibility index (Phi) is 3.75. The summed E-state index contributed by atoms with van der Waals surface area (Å²) in [5.74, 6) is 0.212. The monoisotopic (exact) mass is 227 g/mol. The summed E-state index contributed by atoms with van der Waals surface area (Å²) >= 11 is 0. The van der Waals surface area contributed by atoms with Crippen molar-refractivity contribution >= 4 is 5.69 Å². The molecule has 2 N–H and O–H groups in total. The molecule has 0 aliphatic carbocycles. The summed E-state index contributed by atoms with van der Waals surface area (Å²) in [7, 11) is 1.52. The maximum atomic E-state index is 13.5. The van der Waals surface area contributed by atoms with Gasteiger partial charge in [0.25, 0.3) is 0 Å². The van der Waals surface area contributed by atoms with E-state index in [4.69, 9.17) is 4.74 Å². The molecular formula is C12H18FNO2. The molecule has 90 valence electrons. The quantitative estimate of drug-likeness (QED) is 0.830. The molecule has 0 saturated heterocycles. The van der Waals surface area contributed by atoms with Crippen molar-refractivity contribution in [1.29, 1.82) is 0 Å². The van der Waals surface area contributed by atoms with Gasteiger partial charge in [0.2, 0.25) is 0 Å². The molecule has 0 aliphatic heterocycles. The fourth-order valence-corrected chi connectivity index (χ4v) is 1.15. The molecule has 1 aromatic rings. The van der Waals surface area contributed by atoms with Crippen molar-refractivity contribution in [3.8, 4) is 5.75 Å². The zero-order valence-electron chi connectivity index (χ0n) is 10.0. The SMILES string of the molecule is COc1ccc(F)c(NC(C)C(C)(C)O)c1. The molecule has 0 spiro atoms. The van der Waals surface area contributed by atoms with Crippen LogP contribution in [0.3, 0.4) is 0 Å². The lowest BCUT2D eigenvalue weighted by molar-refractivity contribution is 0.0648. The highest BCUT2D eigenvalue weighted by Gasteiger charge is 2.22. The Morgan fingerprint density at radius 1 is 1.44 bits per heavy atom. The molecule has 0 aliphatic rings. The second-order valence-corrected chi connectivity index (χ2v) is 4.37. The Labute approximate surface area is 95.2 Å². The smallest absolute Gasteiger partial charge is 0.146 e. The van der Waals surface area contributed by atoms with Crippen LogP contribution in [-0.4, -0.2) is 23.9 Å². The van der Waals surface area contributed by atoms with Crippen LogP contribution in [-0.2, 0) is 0 Å². The molecule has 0 amide bonds. The first-order chi connectivity index (χ1) is 7.34. The highest BCUT2D eigenvalue weighted by molar-refractivity contribution is 5.50. The van der Waals surface area contributed by atoms with Crippen LogP contribution in [0.25, 0.3) is 0 Å². The van der Waals surface area contributed by atoms with Crippen molar-refractivity contribution in [3.05, 3.63) is 24.0 Å². The maximum absolute atomic E-state index is 13.5. The molecule has 1 atom stereocenters. The summed E-state index contributed by atoms with van der Waals surface area (Å²) in [6.45, 7) is 5.13. The van der Waals surface area contributed by atoms with E-state index in [0.29, 0.717) is 11.4 Å². The number of anilines is 1. The molecule has 16 heavy (non-hydrogen) atoms. The van der Waals surface area contributed by atoms with E-state index < -0.39 is 5.60 Å². The standard InChI is InChI=1S/C12H18FNO2/c1-8(12(2,3)15)14-11-7-9(16-4)5-6-10(11)13/h5-8,14-15H,1-4H3. The van der Waals surface area contributed by atoms with Crippen LogP contribution in [0.1, 0.15) is 20.8 Å². The second kappa shape index (κ2) is 4.70. The van der Waals surface area contributed by atoms with Crippen LogP contribution >= 0.6 is 0 Å². The lowest BCUT2D eigenvalue weighted by Gasteiger charge is -2.27. The fraction of sp³-hybridized carbons (Fsp3) is 0.500. The second-order valence-electron chi connectivity index (χ2n) is 4.37. The molecule has 0 bridgehead atoms. The van der Waals surface area contributed by atoms with E-state index in [2.05, 4.69) is 5.32 Å². The van der Waals surface area contributed by atoms with E-state index in [1.807, 2.05) is 0 Å². The summed E-state index contributed by atoms with van der Waals surface area (Å²) in [5.41, 5.74) is -0.593. The molecule has 1 unspecified atom stereocenters. The van der Waals surface area contributed by atoms with Gasteiger partial charge in [0.1, 0.15) is 11.6 Å². The van der Waals surface area contributed by atoms with E-state index in [-0.39, 0.29) is 11.9 Å². The fourth-order valence-electron chi connectivity index (χ4n) is 1.15. The van der Waals surface area contributed by atoms with Gasteiger partial charge < -0.3 is 15.2 Å². The molecule has 0 aromatic heterocycles. The Hall–Kier alpha value is -1.29. The first kappa shape index (κ1) is 12.8. The Morgan fingerprint density at radius 3 is 2.56 bits per heavy atom. The van der Waals surface area contributed by atoms with Crippen LogP contribution in [0.15, 0.2) is 18.2 Å². The molecule has 0 radical (unpaired) electrons. The van der Waals surface area contributed by atoms with Gasteiger partial charge in [-0.05, 0) is 32.9 Å². The summed E-state index contributed by atoms with van der Waals surface area (Å²) in [5, 5.41) is 12.7. The molecule has 1 aromatic carbocycles. The minimum absolute atomic E-state index is 0.269. The highest BCUT2D eigenvalue weighted by atomic mass is 19.1. The minimum atomic E-state index is -0.921. The summed E-state index contributed by atoms with van der Waals surface area (Å²) < 4.78 is 18.5. The third-order valence-corrected chi connectivity index (χ3v) is 2.61. The lowest BCUT2D eigenvalue weighted by atomic mass is 10.0. The maximum Gasteiger partial charge on any atom is 0.146 e. The van der Waals surface area contributed by atoms with E-state index in [9.17, 15) is 9.50 Å². The van der Waals surface area contributed by atoms with Gasteiger partial charge in [0.05, 0.1) is 24.4 Å². The Balaban J connectivity index is 2.88. The first-order valence-corrected chi connectivity index (χ1v) is 5.17. The van der Waals surface area contributed by atoms with Gasteiger partial charge in [-0.2, -0.15) is 0 Å². The number of benzene rings is 1. The number of hydrogen-bond donors (Lipinski definition) is 2. The summed E-state index contributed by atoms with van der Waals surface area (Å²) in [6, 6.07) is 4.18. The lowest BCUT2D eigenvalue weighted by Crippen LogP contribution is -2.39. The van der Waals surface area contributed by atoms with Gasteiger partial charge in [-0.25, -0.2) is 4.39 Å². The zero-order valence-corrected chi connectivity index (χ0v) is 10.0. The van der Waals surface area contributed by atoms with Crippen molar-refractivity contribution in [2.24, 2.45) is 0 Å². The normalized spacial score (nSPS) is 13.4. The molecule has 0 saturated carbocycles. The van der Waals surface area contributed by atoms with E-state index in [0.717, 1.165) is 0 Å². The molecule has 1 rings (SSSR count). The van der Waals surface area contributed by atoms with Crippen molar-refractivity contribution in [1.82, 2.24) is 0 Å². The van der Waals surface area contributed by atoms with Crippen molar-refractivity contribution in [3.63, 3.8) is 0 Å². The number of aliphatic hydroxyl groups is 1. The van der Waals surface area contributed by atoms with Crippen LogP contribution in [0.4, 0.5) is 10.1 Å². The average Bonchev–Trinajstić information content (AvgIpc) is 2.19. The zero-order chi connectivity index (χ0) is 12.3. The van der Waals surface area contributed by atoms with Gasteiger partial charge in [0.15, 0.2) is 0 Å².